The maximum atomic E-state index is 5.63. The quantitative estimate of drug-likeness (QED) is 0.825. The van der Waals surface area contributed by atoms with Gasteiger partial charge in [-0.15, -0.1) is 0 Å². The lowest BCUT2D eigenvalue weighted by molar-refractivity contribution is 0.0344. The van der Waals surface area contributed by atoms with Crippen LogP contribution < -0.4 is 10.6 Å². The number of nitrogens with two attached hydrogens (primary N) is 1. The molecule has 3 nitrogen and oxygen atoms in total. The van der Waals surface area contributed by atoms with Crippen LogP contribution >= 0.6 is 0 Å². The highest BCUT2D eigenvalue weighted by Gasteiger charge is 2.23. The van der Waals surface area contributed by atoms with E-state index in [4.69, 9.17) is 10.5 Å². The van der Waals surface area contributed by atoms with E-state index in [1.165, 1.54) is 11.3 Å². The molecular weight excluding hydrogens is 200 g/mol. The van der Waals surface area contributed by atoms with E-state index in [0.29, 0.717) is 18.7 Å². The van der Waals surface area contributed by atoms with Crippen LogP contribution in [0.3, 0.4) is 0 Å². The van der Waals surface area contributed by atoms with Gasteiger partial charge in [-0.05, 0) is 31.5 Å². The summed E-state index contributed by atoms with van der Waals surface area (Å²) in [7, 11) is 0. The third kappa shape index (κ3) is 2.36. The Morgan fingerprint density at radius 2 is 2.00 bits per heavy atom. The van der Waals surface area contributed by atoms with Crippen LogP contribution in [0.25, 0.3) is 0 Å². The van der Waals surface area contributed by atoms with Gasteiger partial charge < -0.3 is 15.4 Å². The van der Waals surface area contributed by atoms with Gasteiger partial charge in [-0.25, -0.2) is 0 Å². The number of hydrogen-bond donors (Lipinski definition) is 1. The molecular formula is C13H20N2O. The average molecular weight is 220 g/mol. The van der Waals surface area contributed by atoms with Gasteiger partial charge in [0.1, 0.15) is 0 Å². The molecule has 1 aromatic carbocycles. The lowest BCUT2D eigenvalue weighted by Gasteiger charge is -2.38. The Balaban J connectivity index is 2.15. The van der Waals surface area contributed by atoms with Gasteiger partial charge in [0.25, 0.3) is 0 Å². The predicted molar refractivity (Wildman–Crippen MR) is 66.6 cm³/mol. The van der Waals surface area contributed by atoms with Crippen molar-refractivity contribution in [2.24, 2.45) is 5.73 Å². The van der Waals surface area contributed by atoms with E-state index in [1.54, 1.807) is 0 Å². The highest BCUT2D eigenvalue weighted by atomic mass is 16.5. The second-order valence-electron chi connectivity index (χ2n) is 4.52. The minimum Gasteiger partial charge on any atom is -0.375 e. The van der Waals surface area contributed by atoms with E-state index in [-0.39, 0.29) is 0 Å². The largest absolute Gasteiger partial charge is 0.375 e. The number of morpholine rings is 1. The van der Waals surface area contributed by atoms with E-state index in [9.17, 15) is 0 Å². The summed E-state index contributed by atoms with van der Waals surface area (Å²) in [4.78, 5) is 2.40. The van der Waals surface area contributed by atoms with Gasteiger partial charge in [-0.1, -0.05) is 12.1 Å². The van der Waals surface area contributed by atoms with Crippen molar-refractivity contribution in [2.75, 3.05) is 18.1 Å². The van der Waals surface area contributed by atoms with Gasteiger partial charge in [0.2, 0.25) is 0 Å². The third-order valence-corrected chi connectivity index (χ3v) is 3.11. The molecule has 0 bridgehead atoms. The fraction of sp³-hybridized carbons (Fsp3) is 0.538. The van der Waals surface area contributed by atoms with Crippen LogP contribution in [0.2, 0.25) is 0 Å². The third-order valence-electron chi connectivity index (χ3n) is 3.11. The van der Waals surface area contributed by atoms with Crippen LogP contribution in [-0.4, -0.2) is 25.3 Å². The number of rotatable bonds is 2. The minimum atomic E-state index is 0.311. The van der Waals surface area contributed by atoms with Crippen molar-refractivity contribution < 1.29 is 4.74 Å². The number of ether oxygens (including phenoxy) is 1. The van der Waals surface area contributed by atoms with Crippen molar-refractivity contribution in [1.29, 1.82) is 0 Å². The highest BCUT2D eigenvalue weighted by molar-refractivity contribution is 5.49. The Labute approximate surface area is 97.2 Å². The van der Waals surface area contributed by atoms with Gasteiger partial charge in [-0.2, -0.15) is 0 Å². The second-order valence-corrected chi connectivity index (χ2v) is 4.52. The SMILES string of the molecule is CC1CN(c2ccc(CN)cc2)C(C)CO1. The van der Waals surface area contributed by atoms with Crippen LogP contribution in [0.4, 0.5) is 5.69 Å². The van der Waals surface area contributed by atoms with Crippen molar-refractivity contribution in [3.8, 4) is 0 Å². The average Bonchev–Trinajstić information content (AvgIpc) is 2.32. The molecule has 0 spiro atoms. The molecule has 2 atom stereocenters. The normalized spacial score (nSPS) is 25.8. The molecule has 88 valence electrons. The van der Waals surface area contributed by atoms with Gasteiger partial charge in [0.05, 0.1) is 12.7 Å². The monoisotopic (exact) mass is 220 g/mol. The summed E-state index contributed by atoms with van der Waals surface area (Å²) in [6.07, 6.45) is 0.311. The second kappa shape index (κ2) is 4.85. The summed E-state index contributed by atoms with van der Waals surface area (Å²) in [5.74, 6) is 0. The van der Waals surface area contributed by atoms with E-state index >= 15 is 0 Å². The van der Waals surface area contributed by atoms with Crippen molar-refractivity contribution >= 4 is 5.69 Å². The zero-order valence-electron chi connectivity index (χ0n) is 10.0. The number of anilines is 1. The van der Waals surface area contributed by atoms with E-state index in [0.717, 1.165) is 13.2 Å². The molecule has 0 radical (unpaired) electrons. The molecule has 2 rings (SSSR count). The molecule has 1 saturated heterocycles. The molecule has 0 saturated carbocycles. The Morgan fingerprint density at radius 1 is 1.31 bits per heavy atom. The van der Waals surface area contributed by atoms with Crippen LogP contribution in [-0.2, 0) is 11.3 Å². The van der Waals surface area contributed by atoms with Gasteiger partial charge in [0.15, 0.2) is 0 Å². The Hall–Kier alpha value is -1.06. The molecule has 2 unspecified atom stereocenters. The minimum absolute atomic E-state index is 0.311. The first-order valence-electron chi connectivity index (χ1n) is 5.88. The van der Waals surface area contributed by atoms with Gasteiger partial charge in [-0.3, -0.25) is 0 Å². The molecule has 1 aliphatic heterocycles. The first-order valence-corrected chi connectivity index (χ1v) is 5.88. The van der Waals surface area contributed by atoms with E-state index in [1.807, 2.05) is 0 Å². The highest BCUT2D eigenvalue weighted by Crippen LogP contribution is 2.22. The maximum Gasteiger partial charge on any atom is 0.0723 e. The Bertz CT molecular complexity index is 336. The molecule has 16 heavy (non-hydrogen) atoms. The lowest BCUT2D eigenvalue weighted by Crippen LogP contribution is -2.47. The summed E-state index contributed by atoms with van der Waals surface area (Å²) in [6.45, 7) is 6.69. The fourth-order valence-corrected chi connectivity index (χ4v) is 2.09. The summed E-state index contributed by atoms with van der Waals surface area (Å²) in [6, 6.07) is 8.94. The number of hydrogen-bond acceptors (Lipinski definition) is 3. The van der Waals surface area contributed by atoms with Gasteiger partial charge >= 0.3 is 0 Å². The molecule has 1 heterocycles. The van der Waals surface area contributed by atoms with Gasteiger partial charge in [0, 0.05) is 24.8 Å². The van der Waals surface area contributed by atoms with Crippen molar-refractivity contribution in [3.05, 3.63) is 29.8 Å². The summed E-state index contributed by atoms with van der Waals surface area (Å²) in [5.41, 5.74) is 8.04. The van der Waals surface area contributed by atoms with Crippen LogP contribution in [0.15, 0.2) is 24.3 Å². The van der Waals surface area contributed by atoms with Crippen molar-refractivity contribution in [3.63, 3.8) is 0 Å². The zero-order valence-corrected chi connectivity index (χ0v) is 10.0. The molecule has 1 aliphatic rings. The van der Waals surface area contributed by atoms with Crippen LogP contribution in [0.1, 0.15) is 19.4 Å². The van der Waals surface area contributed by atoms with Crippen LogP contribution in [0, 0.1) is 0 Å². The zero-order chi connectivity index (χ0) is 11.5. The molecule has 1 fully saturated rings. The molecule has 0 aliphatic carbocycles. The Kier molecular flexibility index (Phi) is 3.46. The molecule has 0 amide bonds. The summed E-state index contributed by atoms with van der Waals surface area (Å²) < 4.78 is 5.63. The fourth-order valence-electron chi connectivity index (χ4n) is 2.09. The smallest absolute Gasteiger partial charge is 0.0723 e. The molecule has 0 aromatic heterocycles. The molecule has 3 heteroatoms. The molecule has 1 aromatic rings. The molecule has 2 N–H and O–H groups in total. The summed E-state index contributed by atoms with van der Waals surface area (Å²) in [5, 5.41) is 0. The lowest BCUT2D eigenvalue weighted by atomic mass is 10.1. The first-order chi connectivity index (χ1) is 7.70. The maximum absolute atomic E-state index is 5.63. The standard InChI is InChI=1S/C13H20N2O/c1-10-9-16-11(2)8-15(10)13-5-3-12(7-14)4-6-13/h3-6,10-11H,7-9,14H2,1-2H3. The predicted octanol–water partition coefficient (Wildman–Crippen LogP) is 1.76. The topological polar surface area (TPSA) is 38.5 Å². The van der Waals surface area contributed by atoms with Crippen molar-refractivity contribution in [1.82, 2.24) is 0 Å². The van der Waals surface area contributed by atoms with Crippen LogP contribution in [0.5, 0.6) is 0 Å². The summed E-state index contributed by atoms with van der Waals surface area (Å²) >= 11 is 0. The Morgan fingerprint density at radius 3 is 2.62 bits per heavy atom. The number of benzene rings is 1. The van der Waals surface area contributed by atoms with E-state index in [2.05, 4.69) is 43.0 Å². The number of nitrogens with zero attached hydrogens (tertiary/aromatic N) is 1. The van der Waals surface area contributed by atoms with E-state index < -0.39 is 0 Å². The van der Waals surface area contributed by atoms with Crippen molar-refractivity contribution in [2.45, 2.75) is 32.5 Å². The first kappa shape index (κ1) is 11.4.